The number of amides is 2. The van der Waals surface area contributed by atoms with Gasteiger partial charge in [-0.3, -0.25) is 9.59 Å². The zero-order valence-electron chi connectivity index (χ0n) is 14.2. The summed E-state index contributed by atoms with van der Waals surface area (Å²) in [6.07, 6.45) is 0.543. The summed E-state index contributed by atoms with van der Waals surface area (Å²) in [6.45, 7) is 0. The Kier molecular flexibility index (Phi) is 3.97. The van der Waals surface area contributed by atoms with Crippen LogP contribution in [0.3, 0.4) is 0 Å². The first-order valence-corrected chi connectivity index (χ1v) is 8.24. The second-order valence-corrected chi connectivity index (χ2v) is 5.97. The number of aromatic nitrogens is 1. The molecule has 5 nitrogen and oxygen atoms in total. The average molecular weight is 344 g/mol. The van der Waals surface area contributed by atoms with Crippen molar-refractivity contribution < 1.29 is 14.3 Å². The molecule has 5 heteroatoms. The third kappa shape index (κ3) is 2.63. The Labute approximate surface area is 150 Å². The van der Waals surface area contributed by atoms with Crippen LogP contribution in [0.1, 0.15) is 32.0 Å². The first kappa shape index (κ1) is 16.0. The smallest absolute Gasteiger partial charge is 0.267 e. The van der Waals surface area contributed by atoms with E-state index in [1.54, 1.807) is 43.5 Å². The number of rotatable bonds is 4. The summed E-state index contributed by atoms with van der Waals surface area (Å²) < 4.78 is 5.40. The summed E-state index contributed by atoms with van der Waals surface area (Å²) in [5.74, 6) is 0.222. The molecule has 1 aromatic heterocycles. The number of carbonyl (C=O) groups is 2. The topological polar surface area (TPSA) is 59.5 Å². The molecule has 2 heterocycles. The molecule has 26 heavy (non-hydrogen) atoms. The molecule has 4 rings (SSSR count). The van der Waals surface area contributed by atoms with Gasteiger partial charge in [-0.25, -0.2) is 9.88 Å². The third-order valence-corrected chi connectivity index (χ3v) is 4.38. The Morgan fingerprint density at radius 2 is 1.46 bits per heavy atom. The molecule has 0 atom stereocenters. The van der Waals surface area contributed by atoms with Crippen LogP contribution in [0, 0.1) is 0 Å². The molecule has 0 bridgehead atoms. The van der Waals surface area contributed by atoms with Crippen LogP contribution in [0.5, 0.6) is 5.75 Å². The van der Waals surface area contributed by atoms with Crippen LogP contribution in [0.2, 0.25) is 0 Å². The van der Waals surface area contributed by atoms with E-state index < -0.39 is 0 Å². The largest absolute Gasteiger partial charge is 0.495 e. The maximum Gasteiger partial charge on any atom is 0.267 e. The van der Waals surface area contributed by atoms with Crippen LogP contribution in [0.15, 0.2) is 66.7 Å². The van der Waals surface area contributed by atoms with Crippen LogP contribution in [0.4, 0.5) is 5.82 Å². The molecule has 1 aliphatic rings. The summed E-state index contributed by atoms with van der Waals surface area (Å²) in [5.41, 5.74) is 2.55. The van der Waals surface area contributed by atoms with Crippen LogP contribution in [-0.4, -0.2) is 23.9 Å². The van der Waals surface area contributed by atoms with Crippen molar-refractivity contribution in [3.63, 3.8) is 0 Å². The lowest BCUT2D eigenvalue weighted by molar-refractivity contribution is 0.0925. The van der Waals surface area contributed by atoms with E-state index in [2.05, 4.69) is 4.98 Å². The number of nitrogens with zero attached hydrogens (tertiary/aromatic N) is 2. The van der Waals surface area contributed by atoms with Crippen molar-refractivity contribution in [2.45, 2.75) is 6.42 Å². The number of anilines is 1. The quantitative estimate of drug-likeness (QED) is 0.680. The first-order valence-electron chi connectivity index (χ1n) is 8.24. The lowest BCUT2D eigenvalue weighted by Crippen LogP contribution is -2.30. The fourth-order valence-electron chi connectivity index (χ4n) is 3.10. The molecule has 0 N–H and O–H groups in total. The molecule has 0 unspecified atom stereocenters. The predicted octanol–water partition coefficient (Wildman–Crippen LogP) is 3.48. The summed E-state index contributed by atoms with van der Waals surface area (Å²) >= 11 is 0. The number of carbonyl (C=O) groups excluding carboxylic acids is 2. The van der Waals surface area contributed by atoms with Crippen LogP contribution < -0.4 is 9.64 Å². The molecule has 0 aliphatic carbocycles. The van der Waals surface area contributed by atoms with Gasteiger partial charge in [-0.2, -0.15) is 0 Å². The molecular formula is C21H16N2O3. The number of benzene rings is 2. The van der Waals surface area contributed by atoms with E-state index in [-0.39, 0.29) is 11.8 Å². The van der Waals surface area contributed by atoms with Gasteiger partial charge in [0.25, 0.3) is 11.8 Å². The highest BCUT2D eigenvalue weighted by Gasteiger charge is 2.37. The SMILES string of the molecule is COc1ccc(N2C(=O)c3ccccc3C2=O)nc1Cc1ccccc1. The normalized spacial score (nSPS) is 13.0. The van der Waals surface area contributed by atoms with Crippen molar-refractivity contribution in [3.05, 3.63) is 89.1 Å². The van der Waals surface area contributed by atoms with Crippen molar-refractivity contribution in [1.29, 1.82) is 0 Å². The highest BCUT2D eigenvalue weighted by atomic mass is 16.5. The van der Waals surface area contributed by atoms with E-state index in [9.17, 15) is 9.59 Å². The second kappa shape index (κ2) is 6.44. The van der Waals surface area contributed by atoms with Crippen LogP contribution in [-0.2, 0) is 6.42 Å². The molecule has 2 amide bonds. The third-order valence-electron chi connectivity index (χ3n) is 4.38. The lowest BCUT2D eigenvalue weighted by atomic mass is 10.1. The van der Waals surface area contributed by atoms with E-state index in [4.69, 9.17) is 4.74 Å². The highest BCUT2D eigenvalue weighted by molar-refractivity contribution is 6.34. The minimum Gasteiger partial charge on any atom is -0.495 e. The molecule has 1 aliphatic heterocycles. The van der Waals surface area contributed by atoms with E-state index >= 15 is 0 Å². The van der Waals surface area contributed by atoms with E-state index in [1.807, 2.05) is 30.3 Å². The van der Waals surface area contributed by atoms with Gasteiger partial charge in [0.15, 0.2) is 0 Å². The van der Waals surface area contributed by atoms with Gasteiger partial charge >= 0.3 is 0 Å². The maximum absolute atomic E-state index is 12.7. The maximum atomic E-state index is 12.7. The van der Waals surface area contributed by atoms with Crippen molar-refractivity contribution in [1.82, 2.24) is 4.98 Å². The van der Waals surface area contributed by atoms with Gasteiger partial charge in [-0.05, 0) is 29.8 Å². The minimum atomic E-state index is -0.353. The number of imide groups is 1. The number of ether oxygens (including phenoxy) is 1. The van der Waals surface area contributed by atoms with Gasteiger partial charge in [0, 0.05) is 6.42 Å². The molecule has 2 aromatic carbocycles. The van der Waals surface area contributed by atoms with Crippen LogP contribution >= 0.6 is 0 Å². The first-order chi connectivity index (χ1) is 12.7. The van der Waals surface area contributed by atoms with Crippen LogP contribution in [0.25, 0.3) is 0 Å². The molecule has 3 aromatic rings. The van der Waals surface area contributed by atoms with Gasteiger partial charge < -0.3 is 4.74 Å². The molecule has 0 fully saturated rings. The van der Waals surface area contributed by atoms with Crippen molar-refractivity contribution >= 4 is 17.6 Å². The van der Waals surface area contributed by atoms with Gasteiger partial charge in [-0.15, -0.1) is 0 Å². The van der Waals surface area contributed by atoms with Gasteiger partial charge in [0.05, 0.1) is 23.9 Å². The molecule has 0 saturated carbocycles. The Hall–Kier alpha value is -3.47. The van der Waals surface area contributed by atoms with Crippen molar-refractivity contribution in [3.8, 4) is 5.75 Å². The van der Waals surface area contributed by atoms with Crippen molar-refractivity contribution in [2.75, 3.05) is 12.0 Å². The summed E-state index contributed by atoms with van der Waals surface area (Å²) in [6, 6.07) is 20.0. The van der Waals surface area contributed by atoms with Crippen molar-refractivity contribution in [2.24, 2.45) is 0 Å². The Morgan fingerprint density at radius 1 is 0.846 bits per heavy atom. The monoisotopic (exact) mass is 344 g/mol. The standard InChI is InChI=1S/C21H16N2O3/c1-26-18-11-12-19(22-17(18)13-14-7-3-2-4-8-14)23-20(24)15-9-5-6-10-16(15)21(23)25/h2-12H,13H2,1H3. The zero-order valence-corrected chi connectivity index (χ0v) is 14.2. The molecular weight excluding hydrogens is 328 g/mol. The Balaban J connectivity index is 1.73. The fourth-order valence-corrected chi connectivity index (χ4v) is 3.10. The minimum absolute atomic E-state index is 0.308. The fraction of sp³-hybridized carbons (Fsp3) is 0.0952. The summed E-state index contributed by atoms with van der Waals surface area (Å²) in [4.78, 5) is 31.0. The summed E-state index contributed by atoms with van der Waals surface area (Å²) in [5, 5.41) is 0. The molecule has 0 spiro atoms. The molecule has 0 saturated heterocycles. The van der Waals surface area contributed by atoms with E-state index in [1.165, 1.54) is 0 Å². The number of fused-ring (bicyclic) bond motifs is 1. The van der Waals surface area contributed by atoms with Gasteiger partial charge in [0.2, 0.25) is 0 Å². The number of methoxy groups -OCH3 is 1. The highest BCUT2D eigenvalue weighted by Crippen LogP contribution is 2.30. The van der Waals surface area contributed by atoms with Gasteiger partial charge in [0.1, 0.15) is 11.6 Å². The number of hydrogen-bond donors (Lipinski definition) is 0. The number of hydrogen-bond acceptors (Lipinski definition) is 4. The summed E-state index contributed by atoms with van der Waals surface area (Å²) in [7, 11) is 1.58. The van der Waals surface area contributed by atoms with E-state index in [0.29, 0.717) is 34.8 Å². The molecule has 0 radical (unpaired) electrons. The number of pyridine rings is 1. The van der Waals surface area contributed by atoms with E-state index in [0.717, 1.165) is 10.5 Å². The second-order valence-electron chi connectivity index (χ2n) is 5.97. The zero-order chi connectivity index (χ0) is 18.1. The van der Waals surface area contributed by atoms with Gasteiger partial charge in [-0.1, -0.05) is 42.5 Å². The Bertz CT molecular complexity index is 964. The lowest BCUT2D eigenvalue weighted by Gasteiger charge is -2.16. The Morgan fingerprint density at radius 3 is 2.08 bits per heavy atom. The predicted molar refractivity (Wildman–Crippen MR) is 97.6 cm³/mol. The molecule has 128 valence electrons. The average Bonchev–Trinajstić information content (AvgIpc) is 2.94.